The van der Waals surface area contributed by atoms with E-state index in [0.29, 0.717) is 37.0 Å². The number of hydrogen-bond donors (Lipinski definition) is 1. The van der Waals surface area contributed by atoms with Crippen LogP contribution in [-0.4, -0.2) is 32.3 Å². The third kappa shape index (κ3) is 6.40. The van der Waals surface area contributed by atoms with Gasteiger partial charge in [0.15, 0.2) is 6.61 Å². The molecule has 1 N–H and O–H groups in total. The van der Waals surface area contributed by atoms with Crippen molar-refractivity contribution in [2.24, 2.45) is 0 Å². The van der Waals surface area contributed by atoms with Crippen LogP contribution in [0.2, 0.25) is 0 Å². The van der Waals surface area contributed by atoms with Crippen molar-refractivity contribution >= 4 is 11.6 Å². The molecule has 122 valence electrons. The summed E-state index contributed by atoms with van der Waals surface area (Å²) in [7, 11) is 0. The maximum Gasteiger partial charge on any atom is 0.262 e. The average Bonchev–Trinajstić information content (AvgIpc) is 2.58. The second-order valence-corrected chi connectivity index (χ2v) is 4.72. The number of hydrogen-bond acceptors (Lipinski definition) is 4. The van der Waals surface area contributed by atoms with Gasteiger partial charge >= 0.3 is 0 Å². The van der Waals surface area contributed by atoms with Crippen LogP contribution in [-0.2, 0) is 9.53 Å². The summed E-state index contributed by atoms with van der Waals surface area (Å²) in [6, 6.07) is 16.4. The van der Waals surface area contributed by atoms with Gasteiger partial charge in [0.1, 0.15) is 18.1 Å². The molecule has 0 spiro atoms. The molecule has 2 rings (SSSR count). The first-order valence-corrected chi connectivity index (χ1v) is 7.56. The Kier molecular flexibility index (Phi) is 6.94. The lowest BCUT2D eigenvalue weighted by molar-refractivity contribution is -0.118. The predicted octanol–water partition coefficient (Wildman–Crippen LogP) is 3.12. The summed E-state index contributed by atoms with van der Waals surface area (Å²) in [4.78, 5) is 11.9. The summed E-state index contributed by atoms with van der Waals surface area (Å²) in [5.41, 5.74) is 0.667. The Hall–Kier alpha value is -2.53. The highest BCUT2D eigenvalue weighted by atomic mass is 16.5. The zero-order valence-electron chi connectivity index (χ0n) is 13.2. The zero-order chi connectivity index (χ0) is 16.3. The van der Waals surface area contributed by atoms with Gasteiger partial charge in [0.05, 0.1) is 6.61 Å². The molecule has 5 nitrogen and oxygen atoms in total. The van der Waals surface area contributed by atoms with Crippen LogP contribution in [0.25, 0.3) is 0 Å². The molecule has 0 aliphatic rings. The first-order chi connectivity index (χ1) is 11.3. The minimum atomic E-state index is -0.222. The summed E-state index contributed by atoms with van der Waals surface area (Å²) >= 11 is 0. The standard InChI is InChI=1S/C18H21NO4/c1-2-21-11-12-22-17-10-6-7-15(13-17)19-18(20)14-23-16-8-4-3-5-9-16/h3-10,13H,2,11-12,14H2,1H3,(H,19,20). The van der Waals surface area contributed by atoms with Crippen LogP contribution in [0.3, 0.4) is 0 Å². The SMILES string of the molecule is CCOCCOc1cccc(NC(=O)COc2ccccc2)c1. The quantitative estimate of drug-likeness (QED) is 0.722. The molecule has 0 aliphatic carbocycles. The fourth-order valence-corrected chi connectivity index (χ4v) is 1.89. The lowest BCUT2D eigenvalue weighted by atomic mass is 10.3. The largest absolute Gasteiger partial charge is 0.491 e. The molecule has 0 saturated heterocycles. The molecule has 0 aromatic heterocycles. The van der Waals surface area contributed by atoms with Gasteiger partial charge in [-0.15, -0.1) is 0 Å². The number of carbonyl (C=O) groups excluding carboxylic acids is 1. The molecule has 2 aromatic carbocycles. The number of benzene rings is 2. The van der Waals surface area contributed by atoms with E-state index in [4.69, 9.17) is 14.2 Å². The molecule has 0 heterocycles. The molecule has 2 aromatic rings. The Morgan fingerprint density at radius 1 is 0.957 bits per heavy atom. The van der Waals surface area contributed by atoms with E-state index in [2.05, 4.69) is 5.32 Å². The highest BCUT2D eigenvalue weighted by Gasteiger charge is 2.04. The van der Waals surface area contributed by atoms with E-state index < -0.39 is 0 Å². The van der Waals surface area contributed by atoms with Crippen LogP contribution in [0, 0.1) is 0 Å². The van der Waals surface area contributed by atoms with Gasteiger partial charge < -0.3 is 19.5 Å². The van der Waals surface area contributed by atoms with Crippen LogP contribution in [0.4, 0.5) is 5.69 Å². The number of anilines is 1. The minimum Gasteiger partial charge on any atom is -0.491 e. The Morgan fingerprint density at radius 3 is 2.52 bits per heavy atom. The molecule has 0 fully saturated rings. The number of ether oxygens (including phenoxy) is 3. The van der Waals surface area contributed by atoms with Crippen molar-refractivity contribution < 1.29 is 19.0 Å². The third-order valence-corrected chi connectivity index (χ3v) is 2.93. The highest BCUT2D eigenvalue weighted by Crippen LogP contribution is 2.17. The second-order valence-electron chi connectivity index (χ2n) is 4.72. The molecule has 0 aliphatic heterocycles. The second kappa shape index (κ2) is 9.48. The first kappa shape index (κ1) is 16.8. The van der Waals surface area contributed by atoms with Gasteiger partial charge in [0, 0.05) is 18.4 Å². The Labute approximate surface area is 136 Å². The van der Waals surface area contributed by atoms with E-state index in [9.17, 15) is 4.79 Å². The topological polar surface area (TPSA) is 56.8 Å². The van der Waals surface area contributed by atoms with E-state index in [-0.39, 0.29) is 12.5 Å². The van der Waals surface area contributed by atoms with Crippen LogP contribution in [0.5, 0.6) is 11.5 Å². The molecule has 1 amide bonds. The van der Waals surface area contributed by atoms with E-state index in [1.165, 1.54) is 0 Å². The molecular formula is C18H21NO4. The molecule has 0 unspecified atom stereocenters. The minimum absolute atomic E-state index is 0.0422. The van der Waals surface area contributed by atoms with Crippen molar-refractivity contribution in [3.05, 3.63) is 54.6 Å². The maximum absolute atomic E-state index is 11.9. The summed E-state index contributed by atoms with van der Waals surface area (Å²) in [5, 5.41) is 2.78. The lowest BCUT2D eigenvalue weighted by Gasteiger charge is -2.10. The van der Waals surface area contributed by atoms with E-state index in [1.807, 2.05) is 37.3 Å². The fraction of sp³-hybridized carbons (Fsp3) is 0.278. The lowest BCUT2D eigenvalue weighted by Crippen LogP contribution is -2.20. The van der Waals surface area contributed by atoms with Crippen molar-refractivity contribution in [2.45, 2.75) is 6.92 Å². The fourth-order valence-electron chi connectivity index (χ4n) is 1.89. The van der Waals surface area contributed by atoms with Crippen molar-refractivity contribution in [3.8, 4) is 11.5 Å². The number of nitrogens with one attached hydrogen (secondary N) is 1. The van der Waals surface area contributed by atoms with Gasteiger partial charge in [-0.25, -0.2) is 0 Å². The van der Waals surface area contributed by atoms with E-state index in [1.54, 1.807) is 24.3 Å². The van der Waals surface area contributed by atoms with Gasteiger partial charge in [-0.05, 0) is 31.2 Å². The number of amides is 1. The van der Waals surface area contributed by atoms with Crippen LogP contribution in [0.1, 0.15) is 6.92 Å². The van der Waals surface area contributed by atoms with Gasteiger partial charge in [0.2, 0.25) is 0 Å². The van der Waals surface area contributed by atoms with Gasteiger partial charge in [0.25, 0.3) is 5.91 Å². The van der Waals surface area contributed by atoms with Crippen molar-refractivity contribution in [1.82, 2.24) is 0 Å². The predicted molar refractivity (Wildman–Crippen MR) is 89.0 cm³/mol. The summed E-state index contributed by atoms with van der Waals surface area (Å²) in [6.07, 6.45) is 0. The summed E-state index contributed by atoms with van der Waals surface area (Å²) in [5.74, 6) is 1.13. The molecule has 5 heteroatoms. The molecule has 0 atom stereocenters. The van der Waals surface area contributed by atoms with E-state index in [0.717, 1.165) is 0 Å². The van der Waals surface area contributed by atoms with Crippen LogP contribution < -0.4 is 14.8 Å². The molecule has 0 bridgehead atoms. The summed E-state index contributed by atoms with van der Waals surface area (Å²) in [6.45, 7) is 3.58. The number of rotatable bonds is 9. The maximum atomic E-state index is 11.9. The smallest absolute Gasteiger partial charge is 0.262 e. The zero-order valence-corrected chi connectivity index (χ0v) is 13.2. The first-order valence-electron chi connectivity index (χ1n) is 7.56. The Morgan fingerprint density at radius 2 is 1.74 bits per heavy atom. The van der Waals surface area contributed by atoms with Crippen molar-refractivity contribution in [3.63, 3.8) is 0 Å². The molecule has 0 radical (unpaired) electrons. The summed E-state index contributed by atoms with van der Waals surface area (Å²) < 4.78 is 16.2. The number of para-hydroxylation sites is 1. The highest BCUT2D eigenvalue weighted by molar-refractivity contribution is 5.92. The Bertz CT molecular complexity index is 601. The van der Waals surface area contributed by atoms with Crippen molar-refractivity contribution in [1.29, 1.82) is 0 Å². The molecule has 23 heavy (non-hydrogen) atoms. The van der Waals surface area contributed by atoms with Crippen LogP contribution >= 0.6 is 0 Å². The van der Waals surface area contributed by atoms with Gasteiger partial charge in [-0.2, -0.15) is 0 Å². The Balaban J connectivity index is 1.78. The third-order valence-electron chi connectivity index (χ3n) is 2.93. The van der Waals surface area contributed by atoms with Crippen LogP contribution in [0.15, 0.2) is 54.6 Å². The number of carbonyl (C=O) groups is 1. The normalized spacial score (nSPS) is 10.1. The molecular weight excluding hydrogens is 294 g/mol. The van der Waals surface area contributed by atoms with Gasteiger partial charge in [-0.3, -0.25) is 4.79 Å². The van der Waals surface area contributed by atoms with Gasteiger partial charge in [-0.1, -0.05) is 24.3 Å². The average molecular weight is 315 g/mol. The molecule has 0 saturated carbocycles. The van der Waals surface area contributed by atoms with Crippen molar-refractivity contribution in [2.75, 3.05) is 31.7 Å². The monoisotopic (exact) mass is 315 g/mol. The van der Waals surface area contributed by atoms with E-state index >= 15 is 0 Å².